The van der Waals surface area contributed by atoms with Crippen LogP contribution in [0.2, 0.25) is 5.02 Å². The number of fused-ring (bicyclic) bond motifs is 4. The van der Waals surface area contributed by atoms with Crippen molar-refractivity contribution in [3.63, 3.8) is 0 Å². The van der Waals surface area contributed by atoms with Crippen LogP contribution in [-0.4, -0.2) is 52.1 Å². The SMILES string of the molecule is Cc1cc(OCCCc2c3n(c4c(-c5c(C)nn(C)c5C)cccc24)C(C)[C@@H](Cl)N(c2c[nH]c4ccc(-c5ncn(C)n5)cc24)C3=O)cc(C)c1Cl. The van der Waals surface area contributed by atoms with Crippen LogP contribution in [0.4, 0.5) is 5.69 Å². The zero-order valence-corrected chi connectivity index (χ0v) is 31.8. The number of nitrogens with zero attached hydrogens (tertiary/aromatic N) is 7. The zero-order chi connectivity index (χ0) is 36.6. The lowest BCUT2D eigenvalue weighted by molar-refractivity contribution is 0.0951. The van der Waals surface area contributed by atoms with Gasteiger partial charge in [0.25, 0.3) is 5.91 Å². The maximum atomic E-state index is 15.1. The highest BCUT2D eigenvalue weighted by atomic mass is 35.5. The van der Waals surface area contributed by atoms with E-state index in [1.54, 1.807) is 15.9 Å². The van der Waals surface area contributed by atoms with Gasteiger partial charge in [-0.15, -0.1) is 0 Å². The summed E-state index contributed by atoms with van der Waals surface area (Å²) in [6, 6.07) is 16.0. The van der Waals surface area contributed by atoms with E-state index in [0.717, 1.165) is 77.3 Å². The fourth-order valence-corrected chi connectivity index (χ4v) is 8.26. The molecule has 4 aromatic heterocycles. The Morgan fingerprint density at radius 1 is 0.981 bits per heavy atom. The summed E-state index contributed by atoms with van der Waals surface area (Å²) in [5, 5.41) is 11.9. The van der Waals surface area contributed by atoms with Gasteiger partial charge in [0.15, 0.2) is 5.82 Å². The van der Waals surface area contributed by atoms with Crippen molar-refractivity contribution in [3.05, 3.63) is 99.8 Å². The van der Waals surface area contributed by atoms with Crippen molar-refractivity contribution in [1.29, 1.82) is 0 Å². The zero-order valence-electron chi connectivity index (χ0n) is 30.3. The predicted octanol–water partition coefficient (Wildman–Crippen LogP) is 9.00. The number of hydrogen-bond acceptors (Lipinski definition) is 5. The first-order valence-electron chi connectivity index (χ1n) is 17.4. The van der Waals surface area contributed by atoms with Crippen molar-refractivity contribution >= 4 is 56.6 Å². The second kappa shape index (κ2) is 12.9. The number of rotatable bonds is 8. The maximum absolute atomic E-state index is 15.1. The Hall–Kier alpha value is -5.06. The van der Waals surface area contributed by atoms with Gasteiger partial charge in [0.2, 0.25) is 0 Å². The third-order valence-corrected chi connectivity index (χ3v) is 11.6. The lowest BCUT2D eigenvalue weighted by atomic mass is 9.98. The van der Waals surface area contributed by atoms with Crippen LogP contribution in [-0.2, 0) is 20.5 Å². The molecule has 1 aliphatic heterocycles. The lowest BCUT2D eigenvalue weighted by Gasteiger charge is -2.38. The van der Waals surface area contributed by atoms with E-state index < -0.39 is 5.50 Å². The molecule has 8 rings (SSSR count). The number of amides is 1. The van der Waals surface area contributed by atoms with Crippen LogP contribution in [0.5, 0.6) is 5.75 Å². The minimum absolute atomic E-state index is 0.151. The standard InChI is InChI=1S/C40H40Cl2N8O2/c1-21-16-27(17-22(2)35(21)41)52-15-9-12-29-28-10-8-11-30(34-23(3)45-48(7)24(34)4)36(28)49-25(5)38(42)50(40(51)37(29)49)33-19-43-32-14-13-26(18-31(32)33)39-44-20-47(6)46-39/h8,10-11,13-14,16-20,25,38,43H,9,12,15H2,1-7H3/t25?,38-/m0/s1. The van der Waals surface area contributed by atoms with Crippen LogP contribution in [0.1, 0.15) is 58.0 Å². The molecule has 12 heteroatoms. The average Bonchev–Trinajstić information content (AvgIpc) is 3.88. The molecule has 0 saturated carbocycles. The molecule has 2 atom stereocenters. The minimum Gasteiger partial charge on any atom is -0.494 e. The van der Waals surface area contributed by atoms with Gasteiger partial charge in [-0.3, -0.25) is 19.1 Å². The summed E-state index contributed by atoms with van der Waals surface area (Å²) in [5.41, 5.74) is 10.4. The summed E-state index contributed by atoms with van der Waals surface area (Å²) in [5.74, 6) is 1.25. The molecular weight excluding hydrogens is 695 g/mol. The molecule has 266 valence electrons. The largest absolute Gasteiger partial charge is 0.494 e. The monoisotopic (exact) mass is 734 g/mol. The minimum atomic E-state index is -0.678. The number of ether oxygens (including phenoxy) is 1. The topological polar surface area (TPSA) is 98.8 Å². The molecule has 0 aliphatic carbocycles. The fourth-order valence-electron chi connectivity index (χ4n) is 7.84. The number of aromatic amines is 1. The number of anilines is 1. The molecular formula is C40H40Cl2N8O2. The number of nitrogens with one attached hydrogen (secondary N) is 1. The molecule has 1 aliphatic rings. The van der Waals surface area contributed by atoms with Crippen LogP contribution < -0.4 is 9.64 Å². The van der Waals surface area contributed by atoms with Crippen LogP contribution in [0.15, 0.2) is 61.1 Å². The van der Waals surface area contributed by atoms with E-state index in [0.29, 0.717) is 36.7 Å². The molecule has 52 heavy (non-hydrogen) atoms. The normalized spacial score (nSPS) is 16.0. The van der Waals surface area contributed by atoms with E-state index in [1.807, 2.05) is 76.1 Å². The van der Waals surface area contributed by atoms with Crippen LogP contribution in [0.3, 0.4) is 0 Å². The van der Waals surface area contributed by atoms with E-state index in [1.165, 1.54) is 0 Å². The first-order chi connectivity index (χ1) is 24.9. The number of H-pyrrole nitrogens is 1. The molecule has 1 unspecified atom stereocenters. The molecule has 0 spiro atoms. The summed E-state index contributed by atoms with van der Waals surface area (Å²) < 4.78 is 12.0. The van der Waals surface area contributed by atoms with E-state index in [4.69, 9.17) is 33.0 Å². The smallest absolute Gasteiger partial charge is 0.276 e. The molecule has 1 N–H and O–H groups in total. The number of alkyl halides is 1. The summed E-state index contributed by atoms with van der Waals surface area (Å²) in [4.78, 5) is 24.7. The highest BCUT2D eigenvalue weighted by molar-refractivity contribution is 6.32. The van der Waals surface area contributed by atoms with Gasteiger partial charge in [-0.1, -0.05) is 41.4 Å². The fraction of sp³-hybridized carbons (Fsp3) is 0.300. The molecule has 3 aromatic carbocycles. The average molecular weight is 736 g/mol. The van der Waals surface area contributed by atoms with E-state index >= 15 is 4.79 Å². The van der Waals surface area contributed by atoms with E-state index in [9.17, 15) is 0 Å². The molecule has 10 nitrogen and oxygen atoms in total. The van der Waals surface area contributed by atoms with Gasteiger partial charge in [-0.05, 0) is 94.5 Å². The summed E-state index contributed by atoms with van der Waals surface area (Å²) in [7, 11) is 3.80. The second-order valence-electron chi connectivity index (χ2n) is 13.9. The third kappa shape index (κ3) is 5.38. The maximum Gasteiger partial charge on any atom is 0.276 e. The molecule has 0 saturated heterocycles. The lowest BCUT2D eigenvalue weighted by Crippen LogP contribution is -2.47. The predicted molar refractivity (Wildman–Crippen MR) is 208 cm³/mol. The molecule has 1 amide bonds. The summed E-state index contributed by atoms with van der Waals surface area (Å²) >= 11 is 13.8. The van der Waals surface area contributed by atoms with Crippen molar-refractivity contribution in [2.75, 3.05) is 11.5 Å². The van der Waals surface area contributed by atoms with Gasteiger partial charge in [-0.25, -0.2) is 4.98 Å². The van der Waals surface area contributed by atoms with Crippen molar-refractivity contribution in [1.82, 2.24) is 34.1 Å². The van der Waals surface area contributed by atoms with Gasteiger partial charge < -0.3 is 14.3 Å². The molecule has 0 radical (unpaired) electrons. The number of hydrogen-bond donors (Lipinski definition) is 1. The number of benzene rings is 3. The van der Waals surface area contributed by atoms with Crippen LogP contribution in [0.25, 0.3) is 44.3 Å². The van der Waals surface area contributed by atoms with Gasteiger partial charge in [0.1, 0.15) is 23.3 Å². The highest BCUT2D eigenvalue weighted by Gasteiger charge is 2.42. The Morgan fingerprint density at radius 2 is 1.75 bits per heavy atom. The van der Waals surface area contributed by atoms with E-state index in [2.05, 4.69) is 51.7 Å². The van der Waals surface area contributed by atoms with Gasteiger partial charge in [0.05, 0.1) is 29.5 Å². The second-order valence-corrected chi connectivity index (χ2v) is 14.7. The van der Waals surface area contributed by atoms with Crippen molar-refractivity contribution in [3.8, 4) is 28.3 Å². The Morgan fingerprint density at radius 3 is 2.44 bits per heavy atom. The number of carbonyl (C=O) groups is 1. The molecule has 7 aromatic rings. The summed E-state index contributed by atoms with van der Waals surface area (Å²) in [6.07, 6.45) is 4.87. The van der Waals surface area contributed by atoms with Gasteiger partial charge in [-0.2, -0.15) is 10.2 Å². The first-order valence-corrected chi connectivity index (χ1v) is 18.3. The first kappa shape index (κ1) is 34.0. The van der Waals surface area contributed by atoms with Crippen LogP contribution >= 0.6 is 23.2 Å². The summed E-state index contributed by atoms with van der Waals surface area (Å²) in [6.45, 7) is 10.7. The Balaban J connectivity index is 1.25. The van der Waals surface area contributed by atoms with Gasteiger partial charge in [0, 0.05) is 64.0 Å². The van der Waals surface area contributed by atoms with Crippen molar-refractivity contribution in [2.24, 2.45) is 14.1 Å². The third-order valence-electron chi connectivity index (χ3n) is 10.4. The molecule has 0 fully saturated rings. The number of carbonyl (C=O) groups excluding carboxylic acids is 1. The van der Waals surface area contributed by atoms with Crippen molar-refractivity contribution < 1.29 is 9.53 Å². The number of aromatic nitrogens is 7. The highest BCUT2D eigenvalue weighted by Crippen LogP contribution is 2.46. The van der Waals surface area contributed by atoms with E-state index in [-0.39, 0.29) is 11.9 Å². The number of aryl methyl sites for hydroxylation is 6. The number of halogens is 2. The Bertz CT molecular complexity index is 2520. The van der Waals surface area contributed by atoms with Crippen molar-refractivity contribution in [2.45, 2.75) is 59.0 Å². The molecule has 5 heterocycles. The number of para-hydroxylation sites is 1. The quantitative estimate of drug-likeness (QED) is 0.0955. The molecule has 0 bridgehead atoms. The Kier molecular flexibility index (Phi) is 8.42. The van der Waals surface area contributed by atoms with Crippen LogP contribution in [0, 0.1) is 27.7 Å². The Labute approximate surface area is 311 Å². The van der Waals surface area contributed by atoms with Gasteiger partial charge >= 0.3 is 0 Å².